The smallest absolute Gasteiger partial charge is 0.312 e. The summed E-state index contributed by atoms with van der Waals surface area (Å²) in [5, 5.41) is 14.6. The van der Waals surface area contributed by atoms with Crippen LogP contribution in [-0.2, 0) is 23.9 Å². The Balaban J connectivity index is 1.50. The van der Waals surface area contributed by atoms with Crippen molar-refractivity contribution in [1.29, 1.82) is 0 Å². The summed E-state index contributed by atoms with van der Waals surface area (Å²) < 4.78 is 11.7. The van der Waals surface area contributed by atoms with E-state index in [1.54, 1.807) is 6.92 Å². The lowest BCUT2D eigenvalue weighted by Crippen LogP contribution is -2.53. The molecule has 2 aromatic carbocycles. The van der Waals surface area contributed by atoms with Gasteiger partial charge in [0.05, 0.1) is 24.7 Å². The number of esters is 1. The van der Waals surface area contributed by atoms with Crippen molar-refractivity contribution >= 4 is 34.2 Å². The van der Waals surface area contributed by atoms with E-state index >= 15 is 0 Å². The summed E-state index contributed by atoms with van der Waals surface area (Å²) in [7, 11) is 0. The van der Waals surface area contributed by atoms with Crippen LogP contribution in [0.2, 0.25) is 0 Å². The van der Waals surface area contributed by atoms with Gasteiger partial charge in [-0.2, -0.15) is 0 Å². The van der Waals surface area contributed by atoms with E-state index in [4.69, 9.17) is 9.47 Å². The number of hydrogen-bond acceptors (Lipinski definition) is 6. The van der Waals surface area contributed by atoms with E-state index < -0.39 is 35.0 Å². The van der Waals surface area contributed by atoms with Crippen molar-refractivity contribution in [2.45, 2.75) is 43.9 Å². The standard InChI is InChI=1S/C25H28N2O6/c1-3-32-23(31)19-18-22(30)27(12-13-28)20(25(18)11-10-24(19,2)33-25)21(29)26-17-9-8-15-6-4-5-7-16(15)14-17/h4-9,14,18-20,28H,3,10-13H2,1-2H3,(H,26,29)/t18-,19+,20?,24-,25?/m0/s1. The molecule has 3 fully saturated rings. The highest BCUT2D eigenvalue weighted by atomic mass is 16.6. The Morgan fingerprint density at radius 2 is 1.97 bits per heavy atom. The fourth-order valence-corrected chi connectivity index (χ4v) is 6.14. The molecule has 2 N–H and O–H groups in total. The summed E-state index contributed by atoms with van der Waals surface area (Å²) >= 11 is 0. The van der Waals surface area contributed by atoms with Gasteiger partial charge in [-0.05, 0) is 49.6 Å². The average Bonchev–Trinajstić information content (AvgIpc) is 3.35. The first-order valence-electron chi connectivity index (χ1n) is 11.4. The zero-order valence-electron chi connectivity index (χ0n) is 18.7. The van der Waals surface area contributed by atoms with Crippen molar-refractivity contribution in [3.63, 3.8) is 0 Å². The number of rotatable bonds is 6. The Bertz CT molecular complexity index is 1130. The lowest BCUT2D eigenvalue weighted by Gasteiger charge is -2.33. The number of aliphatic hydroxyl groups excluding tert-OH is 1. The van der Waals surface area contributed by atoms with Crippen molar-refractivity contribution in [2.75, 3.05) is 25.1 Å². The summed E-state index contributed by atoms with van der Waals surface area (Å²) in [6.07, 6.45) is 1.03. The largest absolute Gasteiger partial charge is 0.466 e. The quantitative estimate of drug-likeness (QED) is 0.651. The van der Waals surface area contributed by atoms with Crippen molar-refractivity contribution in [1.82, 2.24) is 4.90 Å². The highest BCUT2D eigenvalue weighted by Gasteiger charge is 2.78. The van der Waals surface area contributed by atoms with E-state index in [2.05, 4.69) is 5.32 Å². The predicted octanol–water partition coefficient (Wildman–Crippen LogP) is 2.10. The first kappa shape index (κ1) is 21.9. The van der Waals surface area contributed by atoms with Gasteiger partial charge in [0.15, 0.2) is 0 Å². The Hall–Kier alpha value is -2.97. The van der Waals surface area contributed by atoms with Crippen LogP contribution < -0.4 is 5.32 Å². The molecule has 2 aromatic rings. The average molecular weight is 453 g/mol. The van der Waals surface area contributed by atoms with Crippen molar-refractivity contribution in [2.24, 2.45) is 11.8 Å². The normalized spacial score (nSPS) is 32.3. The van der Waals surface area contributed by atoms with Gasteiger partial charge in [-0.15, -0.1) is 0 Å². The number of aliphatic hydroxyl groups is 1. The fourth-order valence-electron chi connectivity index (χ4n) is 6.14. The Kier molecular flexibility index (Phi) is 5.17. The topological polar surface area (TPSA) is 105 Å². The minimum Gasteiger partial charge on any atom is -0.466 e. The van der Waals surface area contributed by atoms with Crippen LogP contribution in [0.5, 0.6) is 0 Å². The molecule has 3 saturated heterocycles. The summed E-state index contributed by atoms with van der Waals surface area (Å²) in [4.78, 5) is 41.4. The molecule has 5 atom stereocenters. The van der Waals surface area contributed by atoms with E-state index in [-0.39, 0.29) is 31.6 Å². The molecule has 2 amide bonds. The summed E-state index contributed by atoms with van der Waals surface area (Å²) in [5.74, 6) is -2.79. The minimum atomic E-state index is -1.13. The fraction of sp³-hybridized carbons (Fsp3) is 0.480. The predicted molar refractivity (Wildman–Crippen MR) is 120 cm³/mol. The number of ether oxygens (including phenoxy) is 2. The van der Waals surface area contributed by atoms with Crippen LogP contribution in [0.25, 0.3) is 10.8 Å². The number of carbonyl (C=O) groups is 3. The van der Waals surface area contributed by atoms with Crippen LogP contribution in [-0.4, -0.2) is 64.8 Å². The number of amides is 2. The second kappa shape index (κ2) is 7.81. The van der Waals surface area contributed by atoms with Gasteiger partial charge in [0, 0.05) is 12.2 Å². The molecule has 3 aliphatic rings. The van der Waals surface area contributed by atoms with Crippen molar-refractivity contribution < 1.29 is 29.0 Å². The first-order chi connectivity index (χ1) is 15.8. The molecule has 174 valence electrons. The van der Waals surface area contributed by atoms with Gasteiger partial charge in [-0.3, -0.25) is 14.4 Å². The van der Waals surface area contributed by atoms with Crippen molar-refractivity contribution in [3.05, 3.63) is 42.5 Å². The molecular weight excluding hydrogens is 424 g/mol. The molecule has 3 heterocycles. The number of nitrogens with one attached hydrogen (secondary N) is 1. The number of carbonyl (C=O) groups excluding carboxylic acids is 3. The zero-order chi connectivity index (χ0) is 23.4. The molecule has 3 aliphatic heterocycles. The van der Waals surface area contributed by atoms with Gasteiger partial charge in [-0.25, -0.2) is 0 Å². The van der Waals surface area contributed by atoms with Crippen LogP contribution in [0, 0.1) is 11.8 Å². The van der Waals surface area contributed by atoms with Crippen molar-refractivity contribution in [3.8, 4) is 0 Å². The molecule has 2 bridgehead atoms. The number of anilines is 1. The molecular formula is C25H28N2O6. The summed E-state index contributed by atoms with van der Waals surface area (Å²) in [6.45, 7) is 3.44. The van der Waals surface area contributed by atoms with E-state index in [0.29, 0.717) is 18.5 Å². The van der Waals surface area contributed by atoms with Crippen LogP contribution >= 0.6 is 0 Å². The van der Waals surface area contributed by atoms with E-state index in [0.717, 1.165) is 10.8 Å². The Morgan fingerprint density at radius 3 is 2.70 bits per heavy atom. The SMILES string of the molecule is CCOC(=O)[C@H]1[C@H]2C(=O)N(CCO)C(C(=O)Nc3ccc4ccccc4c3)C23CC[C@]1(C)O3. The molecule has 8 heteroatoms. The van der Waals surface area contributed by atoms with Gasteiger partial charge in [0.1, 0.15) is 17.6 Å². The molecule has 0 radical (unpaired) electrons. The monoisotopic (exact) mass is 452 g/mol. The minimum absolute atomic E-state index is 0.0114. The van der Waals surface area contributed by atoms with Gasteiger partial charge >= 0.3 is 5.97 Å². The lowest BCUT2D eigenvalue weighted by atomic mass is 9.66. The number of hydrogen-bond donors (Lipinski definition) is 2. The summed E-state index contributed by atoms with van der Waals surface area (Å²) in [5.41, 5.74) is -1.38. The summed E-state index contributed by atoms with van der Waals surface area (Å²) in [6, 6.07) is 12.5. The number of benzene rings is 2. The highest BCUT2D eigenvalue weighted by molar-refractivity contribution is 6.04. The molecule has 33 heavy (non-hydrogen) atoms. The number of fused-ring (bicyclic) bond motifs is 2. The van der Waals surface area contributed by atoms with Gasteiger partial charge in [-0.1, -0.05) is 30.3 Å². The Labute approximate surface area is 191 Å². The third-order valence-electron chi connectivity index (χ3n) is 7.42. The van der Waals surface area contributed by atoms with E-state index in [9.17, 15) is 19.5 Å². The number of β-amino-alcohol motifs (C(OH)–C–C–N with tert-alkyl or cyclic N) is 1. The second-order valence-electron chi connectivity index (χ2n) is 9.29. The molecule has 0 saturated carbocycles. The van der Waals surface area contributed by atoms with Crippen LogP contribution in [0.4, 0.5) is 5.69 Å². The van der Waals surface area contributed by atoms with E-state index in [1.165, 1.54) is 4.90 Å². The maximum absolute atomic E-state index is 13.6. The third-order valence-corrected chi connectivity index (χ3v) is 7.42. The maximum Gasteiger partial charge on any atom is 0.312 e. The Morgan fingerprint density at radius 1 is 1.21 bits per heavy atom. The maximum atomic E-state index is 13.6. The van der Waals surface area contributed by atoms with Crippen LogP contribution in [0.3, 0.4) is 0 Å². The third kappa shape index (κ3) is 3.15. The van der Waals surface area contributed by atoms with E-state index in [1.807, 2.05) is 49.4 Å². The van der Waals surface area contributed by atoms with Crippen LogP contribution in [0.15, 0.2) is 42.5 Å². The van der Waals surface area contributed by atoms with Gasteiger partial charge < -0.3 is 24.8 Å². The molecule has 1 spiro atoms. The van der Waals surface area contributed by atoms with Gasteiger partial charge in [0.2, 0.25) is 11.8 Å². The lowest BCUT2D eigenvalue weighted by molar-refractivity contribution is -0.159. The second-order valence-corrected chi connectivity index (χ2v) is 9.29. The molecule has 0 aliphatic carbocycles. The molecule has 8 nitrogen and oxygen atoms in total. The molecule has 2 unspecified atom stereocenters. The highest BCUT2D eigenvalue weighted by Crippen LogP contribution is 2.63. The van der Waals surface area contributed by atoms with Gasteiger partial charge in [0.25, 0.3) is 0 Å². The number of likely N-dealkylation sites (tertiary alicyclic amines) is 1. The number of nitrogens with zero attached hydrogens (tertiary/aromatic N) is 1. The first-order valence-corrected chi connectivity index (χ1v) is 11.4. The zero-order valence-corrected chi connectivity index (χ0v) is 18.7. The molecule has 5 rings (SSSR count). The molecule has 0 aromatic heterocycles. The van der Waals surface area contributed by atoms with Crippen LogP contribution in [0.1, 0.15) is 26.7 Å².